The first-order chi connectivity index (χ1) is 18.5. The Labute approximate surface area is 239 Å². The SMILES string of the molecule is C/C=C(/C)C/C=C\CC.CC.CCCCCCn1cc(NC(=O)O)nc1-c1ccc(SC(C)(C)C(=O)O)cc1. The summed E-state index contributed by atoms with van der Waals surface area (Å²) in [6.07, 6.45) is 13.8. The molecule has 0 fully saturated rings. The van der Waals surface area contributed by atoms with Crippen LogP contribution in [0.2, 0.25) is 0 Å². The lowest BCUT2D eigenvalue weighted by molar-refractivity contribution is -0.138. The maximum Gasteiger partial charge on any atom is 0.410 e. The third kappa shape index (κ3) is 14.7. The van der Waals surface area contributed by atoms with Crippen LogP contribution in [-0.2, 0) is 11.3 Å². The molecule has 0 aliphatic carbocycles. The summed E-state index contributed by atoms with van der Waals surface area (Å²) >= 11 is 1.28. The molecule has 1 aromatic carbocycles. The Morgan fingerprint density at radius 1 is 1.05 bits per heavy atom. The lowest BCUT2D eigenvalue weighted by Gasteiger charge is -2.18. The van der Waals surface area contributed by atoms with E-state index in [2.05, 4.69) is 56.2 Å². The van der Waals surface area contributed by atoms with Crippen molar-refractivity contribution in [1.82, 2.24) is 9.55 Å². The monoisotopic (exact) mass is 559 g/mol. The smallest absolute Gasteiger partial charge is 0.410 e. The van der Waals surface area contributed by atoms with Crippen LogP contribution in [0, 0.1) is 0 Å². The number of aromatic nitrogens is 2. The van der Waals surface area contributed by atoms with Gasteiger partial charge in [-0.15, -0.1) is 11.8 Å². The zero-order valence-electron chi connectivity index (χ0n) is 25.1. The maximum absolute atomic E-state index is 11.3. The fourth-order valence-electron chi connectivity index (χ4n) is 3.26. The molecular weight excluding hydrogens is 510 g/mol. The number of imidazole rings is 1. The van der Waals surface area contributed by atoms with E-state index in [0.29, 0.717) is 11.6 Å². The zero-order valence-corrected chi connectivity index (χ0v) is 25.9. The first-order valence-electron chi connectivity index (χ1n) is 13.9. The highest BCUT2D eigenvalue weighted by Crippen LogP contribution is 2.34. The number of thioether (sulfide) groups is 1. The van der Waals surface area contributed by atoms with Crippen LogP contribution in [0.15, 0.2) is 59.2 Å². The molecule has 218 valence electrons. The Bertz CT molecular complexity index is 1040. The van der Waals surface area contributed by atoms with Gasteiger partial charge in [-0.1, -0.05) is 82.9 Å². The Kier molecular flexibility index (Phi) is 18.4. The summed E-state index contributed by atoms with van der Waals surface area (Å²) < 4.78 is 1.04. The number of aliphatic carboxylic acids is 1. The molecule has 0 unspecified atom stereocenters. The summed E-state index contributed by atoms with van der Waals surface area (Å²) in [7, 11) is 0. The molecule has 0 spiro atoms. The van der Waals surface area contributed by atoms with E-state index in [9.17, 15) is 14.7 Å². The first kappa shape index (κ1) is 36.0. The molecule has 1 heterocycles. The molecule has 0 saturated carbocycles. The summed E-state index contributed by atoms with van der Waals surface area (Å²) in [5.41, 5.74) is 2.30. The lowest BCUT2D eigenvalue weighted by Crippen LogP contribution is -2.26. The van der Waals surface area contributed by atoms with Crippen LogP contribution in [0.1, 0.15) is 93.9 Å². The number of anilines is 1. The van der Waals surface area contributed by atoms with Crippen LogP contribution < -0.4 is 5.32 Å². The van der Waals surface area contributed by atoms with E-state index >= 15 is 0 Å². The maximum atomic E-state index is 11.3. The van der Waals surface area contributed by atoms with Gasteiger partial charge in [0, 0.05) is 23.2 Å². The fourth-order valence-corrected chi connectivity index (χ4v) is 4.21. The van der Waals surface area contributed by atoms with Crippen molar-refractivity contribution in [3.05, 3.63) is 54.3 Å². The van der Waals surface area contributed by atoms with Gasteiger partial charge >= 0.3 is 12.1 Å². The molecule has 0 atom stereocenters. The van der Waals surface area contributed by atoms with E-state index in [-0.39, 0.29) is 0 Å². The zero-order chi connectivity index (χ0) is 29.8. The number of carbonyl (C=O) groups is 2. The van der Waals surface area contributed by atoms with Gasteiger partial charge < -0.3 is 14.8 Å². The number of hydrogen-bond acceptors (Lipinski definition) is 4. The molecule has 0 saturated heterocycles. The van der Waals surface area contributed by atoms with Gasteiger partial charge in [0.2, 0.25) is 0 Å². The second-order valence-electron chi connectivity index (χ2n) is 9.29. The number of carboxylic acids is 1. The van der Waals surface area contributed by atoms with Crippen molar-refractivity contribution < 1.29 is 19.8 Å². The standard InChI is InChI=1S/C20H27N3O4S.C9H16.C2H6/c1-4-5-6-7-12-23-13-16(22-19(26)27)21-17(23)14-8-10-15(11-9-14)28-20(2,3)18(24)25;1-4-6-7-8-9(3)5-2;1-2/h8-11,13,22H,4-7,12H2,1-3H3,(H,24,25)(H,26,27);5-7H,4,8H2,1-3H3;1-2H3/b;7-6-,9-5-;. The minimum atomic E-state index is -1.15. The van der Waals surface area contributed by atoms with Crippen LogP contribution in [0.3, 0.4) is 0 Å². The van der Waals surface area contributed by atoms with Crippen molar-refractivity contribution in [3.63, 3.8) is 0 Å². The Hall–Kier alpha value is -3.00. The number of nitrogens with zero attached hydrogens (tertiary/aromatic N) is 2. The minimum absolute atomic E-state index is 0.295. The predicted octanol–water partition coefficient (Wildman–Crippen LogP) is 9.51. The summed E-state index contributed by atoms with van der Waals surface area (Å²) in [5, 5.41) is 20.5. The van der Waals surface area contributed by atoms with Crippen molar-refractivity contribution in [1.29, 1.82) is 0 Å². The molecular formula is C31H49N3O4S. The number of allylic oxidation sites excluding steroid dienone is 4. The first-order valence-corrected chi connectivity index (χ1v) is 14.7. The minimum Gasteiger partial charge on any atom is -0.480 e. The summed E-state index contributed by atoms with van der Waals surface area (Å²) in [6.45, 7) is 16.6. The fraction of sp³-hybridized carbons (Fsp3) is 0.516. The summed E-state index contributed by atoms with van der Waals surface area (Å²) in [4.78, 5) is 27.5. The van der Waals surface area contributed by atoms with Crippen LogP contribution in [0.4, 0.5) is 10.6 Å². The van der Waals surface area contributed by atoms with Crippen LogP contribution in [0.25, 0.3) is 11.4 Å². The highest BCUT2D eigenvalue weighted by molar-refractivity contribution is 8.01. The molecule has 2 aromatic rings. The van der Waals surface area contributed by atoms with E-state index in [4.69, 9.17) is 5.11 Å². The second-order valence-corrected chi connectivity index (χ2v) is 11.0. The van der Waals surface area contributed by atoms with Gasteiger partial charge in [0.25, 0.3) is 0 Å². The quantitative estimate of drug-likeness (QED) is 0.128. The normalized spacial score (nSPS) is 11.3. The number of carboxylic acid groups (broad SMARTS) is 2. The average Bonchev–Trinajstić information content (AvgIpc) is 3.30. The number of rotatable bonds is 13. The molecule has 0 bridgehead atoms. The Balaban J connectivity index is 0.00000111. The lowest BCUT2D eigenvalue weighted by atomic mass is 10.2. The largest absolute Gasteiger partial charge is 0.480 e. The number of amides is 1. The molecule has 39 heavy (non-hydrogen) atoms. The Morgan fingerprint density at radius 3 is 2.21 bits per heavy atom. The van der Waals surface area contributed by atoms with Crippen molar-refractivity contribution in [2.75, 3.05) is 5.32 Å². The van der Waals surface area contributed by atoms with Crippen molar-refractivity contribution in [2.24, 2.45) is 0 Å². The number of nitrogens with one attached hydrogen (secondary N) is 1. The highest BCUT2D eigenvalue weighted by atomic mass is 32.2. The third-order valence-electron chi connectivity index (χ3n) is 5.60. The van der Waals surface area contributed by atoms with Gasteiger partial charge in [0.15, 0.2) is 5.82 Å². The molecule has 0 aliphatic heterocycles. The molecule has 8 heteroatoms. The number of aryl methyl sites for hydroxylation is 1. The number of unbranched alkanes of at least 4 members (excludes halogenated alkanes) is 3. The molecule has 1 amide bonds. The second kappa shape index (κ2) is 20.0. The molecule has 7 nitrogen and oxygen atoms in total. The number of hydrogen-bond donors (Lipinski definition) is 3. The van der Waals surface area contributed by atoms with Gasteiger partial charge in [0.05, 0.1) is 0 Å². The number of benzene rings is 1. The highest BCUT2D eigenvalue weighted by Gasteiger charge is 2.28. The molecule has 2 rings (SSSR count). The van der Waals surface area contributed by atoms with E-state index < -0.39 is 16.8 Å². The van der Waals surface area contributed by atoms with E-state index in [1.165, 1.54) is 17.3 Å². The van der Waals surface area contributed by atoms with Crippen LogP contribution >= 0.6 is 11.8 Å². The molecule has 0 radical (unpaired) electrons. The Morgan fingerprint density at radius 2 is 1.69 bits per heavy atom. The molecule has 1 aromatic heterocycles. The van der Waals surface area contributed by atoms with E-state index in [0.717, 1.165) is 55.5 Å². The van der Waals surface area contributed by atoms with E-state index in [1.807, 2.05) is 42.7 Å². The third-order valence-corrected chi connectivity index (χ3v) is 6.79. The topological polar surface area (TPSA) is 104 Å². The summed E-state index contributed by atoms with van der Waals surface area (Å²) in [5.74, 6) is 0.117. The van der Waals surface area contributed by atoms with Crippen LogP contribution in [0.5, 0.6) is 0 Å². The van der Waals surface area contributed by atoms with Crippen molar-refractivity contribution in [3.8, 4) is 11.4 Å². The van der Waals surface area contributed by atoms with Gasteiger partial charge in [-0.05, 0) is 59.1 Å². The van der Waals surface area contributed by atoms with Crippen LogP contribution in [-0.4, -0.2) is 36.6 Å². The van der Waals surface area contributed by atoms with Gasteiger partial charge in [-0.2, -0.15) is 0 Å². The van der Waals surface area contributed by atoms with Gasteiger partial charge in [-0.3, -0.25) is 10.1 Å². The van der Waals surface area contributed by atoms with Crippen molar-refractivity contribution in [2.45, 2.75) is 110 Å². The van der Waals surface area contributed by atoms with E-state index in [1.54, 1.807) is 20.0 Å². The van der Waals surface area contributed by atoms with Gasteiger partial charge in [-0.25, -0.2) is 9.78 Å². The predicted molar refractivity (Wildman–Crippen MR) is 166 cm³/mol. The molecule has 0 aliphatic rings. The van der Waals surface area contributed by atoms with Crippen molar-refractivity contribution >= 4 is 29.6 Å². The average molecular weight is 560 g/mol. The van der Waals surface area contributed by atoms with Gasteiger partial charge in [0.1, 0.15) is 10.6 Å². The summed E-state index contributed by atoms with van der Waals surface area (Å²) in [6, 6.07) is 7.50. The molecule has 3 N–H and O–H groups in total.